The Morgan fingerprint density at radius 1 is 0.889 bits per heavy atom. The monoisotopic (exact) mass is 359 g/mol. The molecule has 1 saturated heterocycles. The van der Waals surface area contributed by atoms with Crippen LogP contribution >= 0.6 is 0 Å². The summed E-state index contributed by atoms with van der Waals surface area (Å²) in [6.07, 6.45) is 7.78. The highest BCUT2D eigenvalue weighted by atomic mass is 16.3. The number of nitrogens with zero attached hydrogens (tertiary/aromatic N) is 3. The second kappa shape index (κ2) is 7.99. The van der Waals surface area contributed by atoms with Gasteiger partial charge in [-0.3, -0.25) is 14.9 Å². The number of hydrogen-bond acceptors (Lipinski definition) is 4. The first-order chi connectivity index (χ1) is 13.2. The first kappa shape index (κ1) is 17.8. The standard InChI is InChI=1S/C23H25N3O/c27-23(17-19-5-2-1-3-6-19)10-15-26(16-11-23)18-21-7-4-12-25-22(21)20-8-13-24-14-9-20/h1-9,12-14,27H,10-11,15-18H2. The fraction of sp³-hybridized carbons (Fsp3) is 0.304. The van der Waals surface area contributed by atoms with E-state index in [-0.39, 0.29) is 0 Å². The third-order valence-corrected chi connectivity index (χ3v) is 5.40. The Morgan fingerprint density at radius 2 is 1.63 bits per heavy atom. The van der Waals surface area contributed by atoms with E-state index in [1.807, 2.05) is 42.6 Å². The Kier molecular flexibility index (Phi) is 5.28. The summed E-state index contributed by atoms with van der Waals surface area (Å²) in [6.45, 7) is 2.65. The van der Waals surface area contributed by atoms with Crippen LogP contribution in [0.15, 0.2) is 73.2 Å². The summed E-state index contributed by atoms with van der Waals surface area (Å²) in [5, 5.41) is 11.0. The molecule has 3 heterocycles. The van der Waals surface area contributed by atoms with E-state index in [9.17, 15) is 5.11 Å². The van der Waals surface area contributed by atoms with Crippen LogP contribution in [-0.2, 0) is 13.0 Å². The zero-order chi connectivity index (χ0) is 18.5. The smallest absolute Gasteiger partial charge is 0.0748 e. The zero-order valence-corrected chi connectivity index (χ0v) is 15.5. The van der Waals surface area contributed by atoms with E-state index in [0.717, 1.165) is 50.2 Å². The summed E-state index contributed by atoms with van der Waals surface area (Å²) in [4.78, 5) is 11.1. The minimum atomic E-state index is -0.597. The van der Waals surface area contributed by atoms with Gasteiger partial charge in [-0.1, -0.05) is 36.4 Å². The molecule has 3 aromatic rings. The first-order valence-corrected chi connectivity index (χ1v) is 9.55. The predicted octanol–water partition coefficient (Wildman–Crippen LogP) is 3.71. The van der Waals surface area contributed by atoms with Gasteiger partial charge in [0.05, 0.1) is 11.3 Å². The number of benzene rings is 1. The van der Waals surface area contributed by atoms with Gasteiger partial charge in [-0.2, -0.15) is 0 Å². The molecule has 0 amide bonds. The minimum absolute atomic E-state index is 0.597. The molecule has 27 heavy (non-hydrogen) atoms. The molecular weight excluding hydrogens is 334 g/mol. The van der Waals surface area contributed by atoms with Crippen LogP contribution in [0.25, 0.3) is 11.3 Å². The highest BCUT2D eigenvalue weighted by Gasteiger charge is 2.32. The third-order valence-electron chi connectivity index (χ3n) is 5.40. The van der Waals surface area contributed by atoms with Crippen LogP contribution < -0.4 is 0 Å². The van der Waals surface area contributed by atoms with Gasteiger partial charge in [0.15, 0.2) is 0 Å². The molecule has 0 bridgehead atoms. The lowest BCUT2D eigenvalue weighted by Crippen LogP contribution is -2.45. The quantitative estimate of drug-likeness (QED) is 0.754. The molecule has 4 nitrogen and oxygen atoms in total. The van der Waals surface area contributed by atoms with Crippen LogP contribution in [0.4, 0.5) is 0 Å². The summed E-state index contributed by atoms with van der Waals surface area (Å²) in [7, 11) is 0. The average Bonchev–Trinajstić information content (AvgIpc) is 2.72. The molecule has 1 N–H and O–H groups in total. The van der Waals surface area contributed by atoms with Gasteiger partial charge < -0.3 is 5.11 Å². The maximum atomic E-state index is 11.0. The van der Waals surface area contributed by atoms with Crippen LogP contribution in [0.2, 0.25) is 0 Å². The number of aromatic nitrogens is 2. The minimum Gasteiger partial charge on any atom is -0.389 e. The van der Waals surface area contributed by atoms with Crippen molar-refractivity contribution in [3.05, 3.63) is 84.3 Å². The maximum absolute atomic E-state index is 11.0. The van der Waals surface area contributed by atoms with Crippen molar-refractivity contribution in [2.45, 2.75) is 31.4 Å². The van der Waals surface area contributed by atoms with Crippen LogP contribution in [0.1, 0.15) is 24.0 Å². The summed E-state index contributed by atoms with van der Waals surface area (Å²) in [5.74, 6) is 0. The molecule has 0 aliphatic carbocycles. The van der Waals surface area contributed by atoms with E-state index in [1.165, 1.54) is 11.1 Å². The van der Waals surface area contributed by atoms with Crippen molar-refractivity contribution >= 4 is 0 Å². The fourth-order valence-corrected chi connectivity index (χ4v) is 3.86. The molecular formula is C23H25N3O. The van der Waals surface area contributed by atoms with Crippen LogP contribution in [0.5, 0.6) is 0 Å². The molecule has 0 radical (unpaired) electrons. The molecule has 0 unspecified atom stereocenters. The molecule has 4 heteroatoms. The van der Waals surface area contributed by atoms with E-state index < -0.39 is 5.60 Å². The first-order valence-electron chi connectivity index (χ1n) is 9.55. The maximum Gasteiger partial charge on any atom is 0.0748 e. The number of rotatable bonds is 5. The molecule has 2 aromatic heterocycles. The second-order valence-corrected chi connectivity index (χ2v) is 7.41. The number of pyridine rings is 2. The Hall–Kier alpha value is -2.56. The van der Waals surface area contributed by atoms with Crippen molar-refractivity contribution in [2.75, 3.05) is 13.1 Å². The van der Waals surface area contributed by atoms with Gasteiger partial charge in [0.1, 0.15) is 0 Å². The molecule has 1 aliphatic rings. The molecule has 0 saturated carbocycles. The topological polar surface area (TPSA) is 49.2 Å². The van der Waals surface area contributed by atoms with Gasteiger partial charge >= 0.3 is 0 Å². The Morgan fingerprint density at radius 3 is 2.37 bits per heavy atom. The van der Waals surface area contributed by atoms with Gasteiger partial charge in [-0.15, -0.1) is 0 Å². The molecule has 1 aliphatic heterocycles. The van der Waals surface area contributed by atoms with Gasteiger partial charge in [0.2, 0.25) is 0 Å². The Bertz CT molecular complexity index is 859. The fourth-order valence-electron chi connectivity index (χ4n) is 3.86. The summed E-state index contributed by atoms with van der Waals surface area (Å²) in [6, 6.07) is 18.4. The lowest BCUT2D eigenvalue weighted by Gasteiger charge is -2.38. The zero-order valence-electron chi connectivity index (χ0n) is 15.5. The highest BCUT2D eigenvalue weighted by molar-refractivity contribution is 5.62. The Balaban J connectivity index is 1.42. The van der Waals surface area contributed by atoms with Crippen molar-refractivity contribution < 1.29 is 5.11 Å². The molecule has 138 valence electrons. The average molecular weight is 359 g/mol. The lowest BCUT2D eigenvalue weighted by molar-refractivity contribution is -0.0224. The molecule has 0 spiro atoms. The van der Waals surface area contributed by atoms with Gasteiger partial charge in [-0.25, -0.2) is 0 Å². The van der Waals surface area contributed by atoms with E-state index in [1.54, 1.807) is 12.4 Å². The molecule has 1 fully saturated rings. The Labute approximate surface area is 160 Å². The van der Waals surface area contributed by atoms with Crippen LogP contribution in [0.3, 0.4) is 0 Å². The van der Waals surface area contributed by atoms with E-state index in [2.05, 4.69) is 33.1 Å². The predicted molar refractivity (Wildman–Crippen MR) is 107 cm³/mol. The highest BCUT2D eigenvalue weighted by Crippen LogP contribution is 2.28. The number of piperidine rings is 1. The van der Waals surface area contributed by atoms with Crippen molar-refractivity contribution in [1.82, 2.24) is 14.9 Å². The third kappa shape index (κ3) is 4.41. The molecule has 4 rings (SSSR count). The van der Waals surface area contributed by atoms with E-state index in [4.69, 9.17) is 0 Å². The van der Waals surface area contributed by atoms with Crippen molar-refractivity contribution in [2.24, 2.45) is 0 Å². The van der Waals surface area contributed by atoms with E-state index in [0.29, 0.717) is 0 Å². The van der Waals surface area contributed by atoms with Crippen molar-refractivity contribution in [3.63, 3.8) is 0 Å². The van der Waals surface area contributed by atoms with Gasteiger partial charge in [0, 0.05) is 50.2 Å². The SMILES string of the molecule is OC1(Cc2ccccc2)CCN(Cc2cccnc2-c2ccncc2)CC1. The number of likely N-dealkylation sites (tertiary alicyclic amines) is 1. The number of aliphatic hydroxyl groups is 1. The van der Waals surface area contributed by atoms with E-state index >= 15 is 0 Å². The van der Waals surface area contributed by atoms with Crippen LogP contribution in [0, 0.1) is 0 Å². The van der Waals surface area contributed by atoms with Crippen molar-refractivity contribution in [3.8, 4) is 11.3 Å². The number of hydrogen-bond donors (Lipinski definition) is 1. The summed E-state index contributed by atoms with van der Waals surface area (Å²) >= 11 is 0. The van der Waals surface area contributed by atoms with Crippen molar-refractivity contribution in [1.29, 1.82) is 0 Å². The van der Waals surface area contributed by atoms with Gasteiger partial charge in [-0.05, 0) is 42.2 Å². The normalized spacial score (nSPS) is 16.9. The summed E-state index contributed by atoms with van der Waals surface area (Å²) < 4.78 is 0. The summed E-state index contributed by atoms with van der Waals surface area (Å²) in [5.41, 5.74) is 3.95. The largest absolute Gasteiger partial charge is 0.389 e. The molecule has 1 aromatic carbocycles. The second-order valence-electron chi connectivity index (χ2n) is 7.41. The van der Waals surface area contributed by atoms with Crippen LogP contribution in [-0.4, -0.2) is 38.7 Å². The van der Waals surface area contributed by atoms with Gasteiger partial charge in [0.25, 0.3) is 0 Å². The molecule has 0 atom stereocenters. The lowest BCUT2D eigenvalue weighted by atomic mass is 9.85.